The SMILES string of the molecule is O=C(c1ccccn1)[C@H]1[C@@H](c2ccc(Cl)cc2)[C@@H]2CCCN2[C@@]12C(=O)Nc1ccc(F)cc12. The summed E-state index contributed by atoms with van der Waals surface area (Å²) in [6, 6.07) is 17.0. The van der Waals surface area contributed by atoms with Gasteiger partial charge >= 0.3 is 0 Å². The number of nitrogens with zero attached hydrogens (tertiary/aromatic N) is 2. The maximum Gasteiger partial charge on any atom is 0.250 e. The minimum atomic E-state index is -1.29. The first kappa shape index (κ1) is 20.5. The molecule has 4 heterocycles. The number of aromatic nitrogens is 1. The Hall–Kier alpha value is -3.09. The largest absolute Gasteiger partial charge is 0.324 e. The second kappa shape index (κ2) is 7.47. The first-order valence-corrected chi connectivity index (χ1v) is 11.5. The number of Topliss-reactive ketones (excluding diaryl/α,β-unsaturated/α-hetero) is 1. The van der Waals surface area contributed by atoms with Crippen molar-refractivity contribution in [3.8, 4) is 0 Å². The van der Waals surface area contributed by atoms with Crippen molar-refractivity contribution in [2.45, 2.75) is 30.3 Å². The number of nitrogens with one attached hydrogen (secondary N) is 1. The molecule has 0 bridgehead atoms. The van der Waals surface area contributed by atoms with Gasteiger partial charge in [-0.25, -0.2) is 4.39 Å². The number of anilines is 1. The molecule has 166 valence electrons. The number of carbonyl (C=O) groups is 2. The van der Waals surface area contributed by atoms with Gasteiger partial charge in [-0.2, -0.15) is 0 Å². The number of rotatable bonds is 3. The zero-order chi connectivity index (χ0) is 22.7. The third-order valence-corrected chi connectivity index (χ3v) is 7.67. The van der Waals surface area contributed by atoms with Crippen LogP contribution in [-0.2, 0) is 10.3 Å². The fraction of sp³-hybridized carbons (Fsp3) is 0.269. The van der Waals surface area contributed by atoms with E-state index < -0.39 is 17.3 Å². The number of hydrogen-bond donors (Lipinski definition) is 1. The van der Waals surface area contributed by atoms with Gasteiger partial charge in [0, 0.05) is 34.4 Å². The molecule has 3 aromatic rings. The van der Waals surface area contributed by atoms with Crippen LogP contribution >= 0.6 is 11.6 Å². The summed E-state index contributed by atoms with van der Waals surface area (Å²) in [7, 11) is 0. The Morgan fingerprint density at radius 3 is 2.73 bits per heavy atom. The number of hydrogen-bond acceptors (Lipinski definition) is 4. The van der Waals surface area contributed by atoms with Crippen molar-refractivity contribution >= 4 is 29.0 Å². The quantitative estimate of drug-likeness (QED) is 0.570. The fourth-order valence-corrected chi connectivity index (χ4v) is 6.39. The summed E-state index contributed by atoms with van der Waals surface area (Å²) in [5.41, 5.74) is 1.05. The molecule has 2 fully saturated rings. The summed E-state index contributed by atoms with van der Waals surface area (Å²) in [5.74, 6) is -1.95. The van der Waals surface area contributed by atoms with Gasteiger partial charge in [0.25, 0.3) is 0 Å². The standard InChI is InChI=1S/C26H21ClFN3O2/c27-16-8-6-15(7-9-16)22-21-5-3-13-31(21)26(23(22)24(32)20-4-1-2-12-29-20)18-14-17(28)10-11-19(18)30-25(26)33/h1-2,4,6-12,14,21-23H,3,5,13H2,(H,30,33)/t21-,22-,23+,26+/m0/s1. The Kier molecular flexibility index (Phi) is 4.64. The Labute approximate surface area is 195 Å². The Morgan fingerprint density at radius 1 is 1.15 bits per heavy atom. The van der Waals surface area contributed by atoms with Crippen molar-refractivity contribution in [2.24, 2.45) is 5.92 Å². The summed E-state index contributed by atoms with van der Waals surface area (Å²) in [6.45, 7) is 0.657. The minimum Gasteiger partial charge on any atom is -0.324 e. The van der Waals surface area contributed by atoms with E-state index in [0.29, 0.717) is 28.5 Å². The third kappa shape index (κ3) is 2.84. The van der Waals surface area contributed by atoms with Gasteiger partial charge < -0.3 is 5.32 Å². The van der Waals surface area contributed by atoms with Gasteiger partial charge in [0.15, 0.2) is 5.78 Å². The van der Waals surface area contributed by atoms with E-state index in [-0.39, 0.29) is 23.7 Å². The van der Waals surface area contributed by atoms with Crippen molar-refractivity contribution in [1.29, 1.82) is 0 Å². The zero-order valence-corrected chi connectivity index (χ0v) is 18.4. The number of pyridine rings is 1. The molecule has 7 heteroatoms. The van der Waals surface area contributed by atoms with Crippen molar-refractivity contribution in [2.75, 3.05) is 11.9 Å². The smallest absolute Gasteiger partial charge is 0.250 e. The van der Waals surface area contributed by atoms with Crippen LogP contribution in [0.2, 0.25) is 5.02 Å². The normalized spacial score (nSPS) is 28.1. The van der Waals surface area contributed by atoms with Gasteiger partial charge in [-0.3, -0.25) is 19.5 Å². The van der Waals surface area contributed by atoms with E-state index in [9.17, 15) is 14.0 Å². The van der Waals surface area contributed by atoms with Crippen LogP contribution in [-0.4, -0.2) is 34.2 Å². The van der Waals surface area contributed by atoms with Crippen molar-refractivity contribution in [3.05, 3.63) is 94.5 Å². The molecule has 2 aromatic carbocycles. The third-order valence-electron chi connectivity index (χ3n) is 7.42. The highest BCUT2D eigenvalue weighted by Crippen LogP contribution is 2.61. The average Bonchev–Trinajstić information content (AvgIpc) is 3.48. The van der Waals surface area contributed by atoms with E-state index in [2.05, 4.69) is 15.2 Å². The van der Waals surface area contributed by atoms with Gasteiger partial charge in [0.2, 0.25) is 5.91 Å². The number of halogens is 2. The summed E-state index contributed by atoms with van der Waals surface area (Å²) in [6.07, 6.45) is 3.33. The number of fused-ring (bicyclic) bond motifs is 4. The average molecular weight is 462 g/mol. The van der Waals surface area contributed by atoms with Crippen LogP contribution in [0.4, 0.5) is 10.1 Å². The molecule has 4 atom stereocenters. The van der Waals surface area contributed by atoms with Crippen molar-refractivity contribution in [3.63, 3.8) is 0 Å². The highest BCUT2D eigenvalue weighted by atomic mass is 35.5. The zero-order valence-electron chi connectivity index (χ0n) is 17.7. The fourth-order valence-electron chi connectivity index (χ4n) is 6.26. The lowest BCUT2D eigenvalue weighted by Crippen LogP contribution is -2.53. The van der Waals surface area contributed by atoms with Gasteiger partial charge in [-0.15, -0.1) is 0 Å². The summed E-state index contributed by atoms with van der Waals surface area (Å²) in [5, 5.41) is 3.55. The van der Waals surface area contributed by atoms with Crippen molar-refractivity contribution < 1.29 is 14.0 Å². The van der Waals surface area contributed by atoms with E-state index >= 15 is 0 Å². The second-order valence-electron chi connectivity index (χ2n) is 8.95. The molecule has 1 spiro atoms. The van der Waals surface area contributed by atoms with Crippen LogP contribution < -0.4 is 5.32 Å². The van der Waals surface area contributed by atoms with Gasteiger partial charge in [0.1, 0.15) is 17.1 Å². The highest BCUT2D eigenvalue weighted by Gasteiger charge is 2.69. The summed E-state index contributed by atoms with van der Waals surface area (Å²) in [4.78, 5) is 34.4. The number of amides is 1. The molecule has 33 heavy (non-hydrogen) atoms. The van der Waals surface area contributed by atoms with Crippen LogP contribution in [0, 0.1) is 11.7 Å². The predicted octanol–water partition coefficient (Wildman–Crippen LogP) is 4.78. The molecule has 3 aliphatic rings. The number of benzene rings is 2. The van der Waals surface area contributed by atoms with Crippen LogP contribution in [0.1, 0.15) is 40.4 Å². The molecule has 0 saturated carbocycles. The maximum absolute atomic E-state index is 14.5. The van der Waals surface area contributed by atoms with Gasteiger partial charge in [-0.1, -0.05) is 29.8 Å². The van der Waals surface area contributed by atoms with Gasteiger partial charge in [0.05, 0.1) is 5.92 Å². The molecule has 5 nitrogen and oxygen atoms in total. The van der Waals surface area contributed by atoms with Crippen molar-refractivity contribution in [1.82, 2.24) is 9.88 Å². The number of carbonyl (C=O) groups excluding carboxylic acids is 2. The molecule has 3 aliphatic heterocycles. The Balaban J connectivity index is 1.63. The lowest BCUT2D eigenvalue weighted by atomic mass is 9.69. The Morgan fingerprint density at radius 2 is 1.97 bits per heavy atom. The maximum atomic E-state index is 14.5. The van der Waals surface area contributed by atoms with E-state index in [4.69, 9.17) is 11.6 Å². The summed E-state index contributed by atoms with van der Waals surface area (Å²) < 4.78 is 14.5. The highest BCUT2D eigenvalue weighted by molar-refractivity contribution is 6.30. The van der Waals surface area contributed by atoms with E-state index in [1.54, 1.807) is 30.5 Å². The van der Waals surface area contributed by atoms with Crippen LogP contribution in [0.15, 0.2) is 66.9 Å². The van der Waals surface area contributed by atoms with Crippen LogP contribution in [0.5, 0.6) is 0 Å². The summed E-state index contributed by atoms with van der Waals surface area (Å²) >= 11 is 6.16. The van der Waals surface area contributed by atoms with Crippen LogP contribution in [0.3, 0.4) is 0 Å². The topological polar surface area (TPSA) is 62.3 Å². The molecule has 6 rings (SSSR count). The van der Waals surface area contributed by atoms with E-state index in [1.807, 2.05) is 24.3 Å². The van der Waals surface area contributed by atoms with Crippen LogP contribution in [0.25, 0.3) is 0 Å². The van der Waals surface area contributed by atoms with E-state index in [1.165, 1.54) is 12.1 Å². The molecular formula is C26H21ClFN3O2. The molecule has 0 unspecified atom stereocenters. The molecule has 2 saturated heterocycles. The molecule has 1 aromatic heterocycles. The lowest BCUT2D eigenvalue weighted by molar-refractivity contribution is -0.127. The molecule has 0 radical (unpaired) electrons. The molecule has 0 aliphatic carbocycles. The monoisotopic (exact) mass is 461 g/mol. The molecule has 1 amide bonds. The second-order valence-corrected chi connectivity index (χ2v) is 9.38. The molecular weight excluding hydrogens is 441 g/mol. The Bertz CT molecular complexity index is 1270. The predicted molar refractivity (Wildman–Crippen MR) is 123 cm³/mol. The first-order valence-electron chi connectivity index (χ1n) is 11.1. The van der Waals surface area contributed by atoms with Gasteiger partial charge in [-0.05, 0) is 67.4 Å². The lowest BCUT2D eigenvalue weighted by Gasteiger charge is -2.36. The number of ketones is 1. The molecule has 1 N–H and O–H groups in total. The van der Waals surface area contributed by atoms with E-state index in [0.717, 1.165) is 18.4 Å². The minimum absolute atomic E-state index is 0.0381. The first-order chi connectivity index (χ1) is 16.0.